The van der Waals surface area contributed by atoms with Crippen LogP contribution in [0.5, 0.6) is 5.75 Å². The molecule has 1 aromatic carbocycles. The van der Waals surface area contributed by atoms with Gasteiger partial charge in [-0.2, -0.15) is 0 Å². The molecule has 2 aromatic rings. The molecule has 1 aromatic heterocycles. The van der Waals surface area contributed by atoms with E-state index in [9.17, 15) is 18.8 Å². The molecule has 230 valence electrons. The molecule has 11 nitrogen and oxygen atoms in total. The molecule has 0 spiro atoms. The highest BCUT2D eigenvalue weighted by Gasteiger charge is 2.46. The molecule has 3 amide bonds. The maximum absolute atomic E-state index is 15.0. The maximum Gasteiger partial charge on any atom is 0.413 e. The fourth-order valence-corrected chi connectivity index (χ4v) is 4.44. The molecule has 1 saturated heterocycles. The van der Waals surface area contributed by atoms with Crippen molar-refractivity contribution >= 4 is 46.9 Å². The van der Waals surface area contributed by atoms with Crippen LogP contribution in [0.15, 0.2) is 24.3 Å². The summed E-state index contributed by atoms with van der Waals surface area (Å²) in [6, 6.07) is 4.42. The minimum Gasteiger partial charge on any atom is -0.488 e. The van der Waals surface area contributed by atoms with Crippen molar-refractivity contribution in [1.82, 2.24) is 20.7 Å². The molecule has 2 heterocycles. The fourth-order valence-electron chi connectivity index (χ4n) is 4.00. The van der Waals surface area contributed by atoms with Crippen LogP contribution in [0, 0.1) is 5.82 Å². The lowest BCUT2D eigenvalue weighted by atomic mass is 10.2. The molecule has 1 unspecified atom stereocenters. The highest BCUT2D eigenvalue weighted by molar-refractivity contribution is 6.34. The minimum atomic E-state index is -0.966. The first-order valence-electron chi connectivity index (χ1n) is 13.2. The van der Waals surface area contributed by atoms with Crippen molar-refractivity contribution < 1.29 is 33.0 Å². The molecule has 0 saturated carbocycles. The van der Waals surface area contributed by atoms with Crippen LogP contribution in [-0.4, -0.2) is 71.5 Å². The molecule has 3 rings (SSSR count). The molecule has 0 bridgehead atoms. The van der Waals surface area contributed by atoms with Crippen molar-refractivity contribution in [2.45, 2.75) is 71.9 Å². The first kappa shape index (κ1) is 33.2. The van der Waals surface area contributed by atoms with Gasteiger partial charge in [0.25, 0.3) is 11.8 Å². The number of aromatic nitrogens is 1. The third-order valence-corrected chi connectivity index (χ3v) is 6.84. The maximum atomic E-state index is 15.0. The highest BCUT2D eigenvalue weighted by atomic mass is 35.5. The molecule has 2 N–H and O–H groups in total. The van der Waals surface area contributed by atoms with E-state index in [1.807, 2.05) is 18.7 Å². The van der Waals surface area contributed by atoms with Gasteiger partial charge in [-0.05, 0) is 66.7 Å². The summed E-state index contributed by atoms with van der Waals surface area (Å²) >= 11 is 12.3. The molecule has 1 fully saturated rings. The second-order valence-corrected chi connectivity index (χ2v) is 12.3. The van der Waals surface area contributed by atoms with Gasteiger partial charge in [-0.1, -0.05) is 23.2 Å². The monoisotopic (exact) mass is 627 g/mol. The van der Waals surface area contributed by atoms with E-state index < -0.39 is 41.1 Å². The number of carbonyl (C=O) groups excluding carboxylic acids is 3. The summed E-state index contributed by atoms with van der Waals surface area (Å²) < 4.78 is 31.8. The zero-order chi connectivity index (χ0) is 31.6. The number of nitrogens with zero attached hydrogens (tertiary/aromatic N) is 3. The van der Waals surface area contributed by atoms with Crippen molar-refractivity contribution in [2.24, 2.45) is 0 Å². The smallest absolute Gasteiger partial charge is 0.413 e. The number of benzene rings is 1. The standard InChI is InChI=1S/C28H36Cl2FN5O6/c1-15(2)35(8)23-10-16(9-22(30)32-23)24(37)33-34-25(38)18-11-20(31)21(12-19(18)29)40-13-17-14-41-28(6,7)36(17)26(39)42-27(3,4)5/h9-12,15,17H,13-14H2,1-8H3,(H,33,37)(H,34,38). The van der Waals surface area contributed by atoms with Crippen LogP contribution < -0.4 is 20.5 Å². The summed E-state index contributed by atoms with van der Waals surface area (Å²) in [5.41, 5.74) is 2.70. The van der Waals surface area contributed by atoms with E-state index >= 15 is 0 Å². The molecule has 0 aliphatic carbocycles. The summed E-state index contributed by atoms with van der Waals surface area (Å²) in [5.74, 6) is -2.17. The SMILES string of the molecule is CC(C)N(C)c1cc(C(=O)NNC(=O)c2cc(F)c(OCC3COC(C)(C)N3C(=O)OC(C)(C)C)cc2Cl)cc(Cl)n1. The Kier molecular flexibility index (Phi) is 10.2. The molecular formula is C28H36Cl2FN5O6. The predicted octanol–water partition coefficient (Wildman–Crippen LogP) is 5.20. The van der Waals surface area contributed by atoms with Gasteiger partial charge in [0.2, 0.25) is 0 Å². The number of anilines is 1. The second kappa shape index (κ2) is 12.9. The normalized spacial score (nSPS) is 16.3. The van der Waals surface area contributed by atoms with Crippen molar-refractivity contribution in [3.05, 3.63) is 51.4 Å². The number of hydrazine groups is 1. The topological polar surface area (TPSA) is 122 Å². The van der Waals surface area contributed by atoms with Crippen LogP contribution in [0.1, 0.15) is 69.2 Å². The Morgan fingerprint density at radius 1 is 1.17 bits per heavy atom. The van der Waals surface area contributed by atoms with Crippen molar-refractivity contribution in [3.8, 4) is 5.75 Å². The highest BCUT2D eigenvalue weighted by Crippen LogP contribution is 2.31. The van der Waals surface area contributed by atoms with Gasteiger partial charge in [0, 0.05) is 24.7 Å². The van der Waals surface area contributed by atoms with Gasteiger partial charge in [0.05, 0.1) is 23.2 Å². The van der Waals surface area contributed by atoms with Crippen LogP contribution in [0.3, 0.4) is 0 Å². The van der Waals surface area contributed by atoms with Crippen LogP contribution >= 0.6 is 23.2 Å². The number of hydrogen-bond acceptors (Lipinski definition) is 8. The molecule has 42 heavy (non-hydrogen) atoms. The van der Waals surface area contributed by atoms with E-state index in [0.717, 1.165) is 12.1 Å². The van der Waals surface area contributed by atoms with Crippen molar-refractivity contribution in [2.75, 3.05) is 25.2 Å². The van der Waals surface area contributed by atoms with E-state index in [1.54, 1.807) is 41.7 Å². The Hall–Kier alpha value is -3.35. The summed E-state index contributed by atoms with van der Waals surface area (Å²) in [6.07, 6.45) is -0.594. The van der Waals surface area contributed by atoms with Gasteiger partial charge in [-0.3, -0.25) is 25.3 Å². The Bertz CT molecular complexity index is 1350. The largest absolute Gasteiger partial charge is 0.488 e. The third-order valence-electron chi connectivity index (χ3n) is 6.33. The van der Waals surface area contributed by atoms with Crippen LogP contribution in [0.4, 0.5) is 15.0 Å². The lowest BCUT2D eigenvalue weighted by molar-refractivity contribution is -0.0637. The van der Waals surface area contributed by atoms with Gasteiger partial charge in [-0.15, -0.1) is 0 Å². The van der Waals surface area contributed by atoms with Gasteiger partial charge in [0.1, 0.15) is 28.9 Å². The molecule has 1 atom stereocenters. The van der Waals surface area contributed by atoms with E-state index in [1.165, 1.54) is 17.0 Å². The number of halogens is 3. The third kappa shape index (κ3) is 8.14. The van der Waals surface area contributed by atoms with Crippen LogP contribution in [-0.2, 0) is 9.47 Å². The first-order valence-corrected chi connectivity index (χ1v) is 13.9. The number of rotatable bonds is 7. The van der Waals surface area contributed by atoms with Gasteiger partial charge in [0.15, 0.2) is 11.6 Å². The van der Waals surface area contributed by atoms with E-state index in [-0.39, 0.29) is 46.3 Å². The lowest BCUT2D eigenvalue weighted by Crippen LogP contribution is -2.51. The average molecular weight is 629 g/mol. The molecular weight excluding hydrogens is 592 g/mol. The number of ether oxygens (including phenoxy) is 3. The molecule has 1 aliphatic heterocycles. The Morgan fingerprint density at radius 3 is 2.43 bits per heavy atom. The van der Waals surface area contributed by atoms with Crippen LogP contribution in [0.2, 0.25) is 10.2 Å². The Balaban J connectivity index is 1.67. The van der Waals surface area contributed by atoms with Crippen molar-refractivity contribution in [1.29, 1.82) is 0 Å². The zero-order valence-corrected chi connectivity index (χ0v) is 26.3. The van der Waals surface area contributed by atoms with Gasteiger partial charge >= 0.3 is 6.09 Å². The summed E-state index contributed by atoms with van der Waals surface area (Å²) in [7, 11) is 1.80. The summed E-state index contributed by atoms with van der Waals surface area (Å²) in [4.78, 5) is 45.7. The number of pyridine rings is 1. The second-order valence-electron chi connectivity index (χ2n) is 11.5. The molecule has 14 heteroatoms. The van der Waals surface area contributed by atoms with Gasteiger partial charge < -0.3 is 19.1 Å². The Labute approximate surface area is 254 Å². The van der Waals surface area contributed by atoms with Crippen LogP contribution in [0.25, 0.3) is 0 Å². The number of amides is 3. The summed E-state index contributed by atoms with van der Waals surface area (Å²) in [5, 5.41) is -0.0305. The van der Waals surface area contributed by atoms with E-state index in [0.29, 0.717) is 5.82 Å². The minimum absolute atomic E-state index is 0.0952. The van der Waals surface area contributed by atoms with Crippen molar-refractivity contribution in [3.63, 3.8) is 0 Å². The number of nitrogens with one attached hydrogen (secondary N) is 2. The Morgan fingerprint density at radius 2 is 1.81 bits per heavy atom. The average Bonchev–Trinajstić information content (AvgIpc) is 3.19. The van der Waals surface area contributed by atoms with Gasteiger partial charge in [-0.25, -0.2) is 14.2 Å². The fraction of sp³-hybridized carbons (Fsp3) is 0.500. The molecule has 1 aliphatic rings. The van der Waals surface area contributed by atoms with E-state index in [2.05, 4.69) is 15.8 Å². The molecule has 0 radical (unpaired) electrons. The first-order chi connectivity index (χ1) is 19.4. The predicted molar refractivity (Wildman–Crippen MR) is 157 cm³/mol. The summed E-state index contributed by atoms with van der Waals surface area (Å²) in [6.45, 7) is 12.6. The number of carbonyl (C=O) groups is 3. The zero-order valence-electron chi connectivity index (χ0n) is 24.8. The quantitative estimate of drug-likeness (QED) is 0.317. The number of hydrogen-bond donors (Lipinski definition) is 2. The lowest BCUT2D eigenvalue weighted by Gasteiger charge is -2.35. The van der Waals surface area contributed by atoms with E-state index in [4.69, 9.17) is 37.4 Å².